The second-order valence-corrected chi connectivity index (χ2v) is 14.6. The van der Waals surface area contributed by atoms with Gasteiger partial charge < -0.3 is 60.7 Å². The number of allylic oxidation sites excluding steroid dienone is 1. The number of hydrogen-bond acceptors (Lipinski definition) is 18. The van der Waals surface area contributed by atoms with Crippen molar-refractivity contribution in [3.05, 3.63) is 36.7 Å². The number of imidazole rings is 1. The molecule has 24 nitrogen and oxygen atoms in total. The molecule has 10 unspecified atom stereocenters. The number of anilines is 1. The van der Waals surface area contributed by atoms with Crippen LogP contribution in [0.15, 0.2) is 36.7 Å². The van der Waals surface area contributed by atoms with Crippen LogP contribution in [0.25, 0.3) is 11.2 Å². The summed E-state index contributed by atoms with van der Waals surface area (Å²) in [6.07, 6.45) is -6.47. The molecule has 10 atom stereocenters. The second kappa shape index (κ2) is 15.5. The Morgan fingerprint density at radius 3 is 2.16 bits per heavy atom. The van der Waals surface area contributed by atoms with Crippen LogP contribution in [0.2, 0.25) is 0 Å². The van der Waals surface area contributed by atoms with Crippen LogP contribution < -0.4 is 11.5 Å². The standard InChI is InChI=1S/C21H30N7O17P3.Na/c22-17-12-19(25-7-24-17)28(8-26-12)21-16(44-46(33,34)35)14(30)11(43-21)6-41-48(38,39)45-47(36,37)40-5-10-13(29)15(31)20(42-10)27-3-1-2-9(4-27)18(23)32;/h1,3-4,7-8,10-11,13-16,20-21,29-31H,2,5-6H2,(H2,23,32)(H,36,37)(H,38,39)(H2,22,24,25)(H2,33,34,35);. The molecule has 0 saturated carbocycles. The van der Waals surface area contributed by atoms with E-state index in [-0.39, 0.29) is 58.5 Å². The van der Waals surface area contributed by atoms with Crippen LogP contribution in [-0.2, 0) is 45.8 Å². The summed E-state index contributed by atoms with van der Waals surface area (Å²) < 4.78 is 67.2. The maximum atomic E-state index is 12.6. The Bertz CT molecular complexity index is 1740. The maximum Gasteiger partial charge on any atom is 0.481 e. The zero-order chi connectivity index (χ0) is 35.2. The third-order valence-electron chi connectivity index (χ3n) is 7.11. The fourth-order valence-electron chi connectivity index (χ4n) is 4.93. The first-order valence-corrected chi connectivity index (χ1v) is 18.0. The van der Waals surface area contributed by atoms with Crippen molar-refractivity contribution >= 4 is 75.9 Å². The number of nitrogens with zero attached hydrogens (tertiary/aromatic N) is 5. The van der Waals surface area contributed by atoms with E-state index in [9.17, 15) is 53.4 Å². The van der Waals surface area contributed by atoms with Crippen molar-refractivity contribution in [1.29, 1.82) is 0 Å². The molecule has 0 aliphatic carbocycles. The molecule has 0 bridgehead atoms. The molecule has 11 N–H and O–H groups in total. The van der Waals surface area contributed by atoms with Gasteiger partial charge in [0.15, 0.2) is 23.9 Å². The van der Waals surface area contributed by atoms with E-state index < -0.39 is 91.7 Å². The van der Waals surface area contributed by atoms with E-state index in [1.54, 1.807) is 0 Å². The van der Waals surface area contributed by atoms with Crippen LogP contribution in [0.5, 0.6) is 0 Å². The minimum absolute atomic E-state index is 0. The maximum absolute atomic E-state index is 12.6. The van der Waals surface area contributed by atoms with Gasteiger partial charge in [-0.1, -0.05) is 6.08 Å². The number of primary amides is 1. The smallest absolute Gasteiger partial charge is 0.387 e. The Kier molecular flexibility index (Phi) is 12.7. The number of phosphoric acid groups is 3. The van der Waals surface area contributed by atoms with Crippen LogP contribution in [-0.4, -0.2) is 151 Å². The number of phosphoric ester groups is 3. The summed E-state index contributed by atoms with van der Waals surface area (Å²) >= 11 is 0. The summed E-state index contributed by atoms with van der Waals surface area (Å²) in [5.41, 5.74) is 11.3. The Hall–Kier alpha value is -1.73. The number of aliphatic hydroxyl groups is 3. The molecular formula is C21H30N7NaO17P3. The molecule has 5 rings (SSSR count). The number of aliphatic hydroxyl groups excluding tert-OH is 3. The topological polar surface area (TPSA) is 364 Å². The van der Waals surface area contributed by atoms with Crippen LogP contribution >= 0.6 is 23.5 Å². The number of amides is 1. The predicted molar refractivity (Wildman–Crippen MR) is 159 cm³/mol. The fraction of sp³-hybridized carbons (Fsp3) is 0.524. The first-order chi connectivity index (χ1) is 22.4. The van der Waals surface area contributed by atoms with Crippen molar-refractivity contribution in [2.24, 2.45) is 5.73 Å². The van der Waals surface area contributed by atoms with Crippen molar-refractivity contribution < 1.29 is 80.7 Å². The minimum Gasteiger partial charge on any atom is -0.387 e. The van der Waals surface area contributed by atoms with Crippen molar-refractivity contribution in [2.75, 3.05) is 18.9 Å². The van der Waals surface area contributed by atoms with Gasteiger partial charge >= 0.3 is 23.5 Å². The number of nitrogen functional groups attached to an aromatic ring is 1. The first kappa shape index (κ1) is 40.0. The van der Waals surface area contributed by atoms with E-state index in [0.29, 0.717) is 0 Å². The molecule has 49 heavy (non-hydrogen) atoms. The number of fused-ring (bicyclic) bond motifs is 1. The molecule has 0 aromatic carbocycles. The largest absolute Gasteiger partial charge is 0.481 e. The van der Waals surface area contributed by atoms with E-state index in [0.717, 1.165) is 17.2 Å². The zero-order valence-electron chi connectivity index (χ0n) is 25.1. The van der Waals surface area contributed by atoms with Crippen LogP contribution in [0.1, 0.15) is 12.6 Å². The van der Waals surface area contributed by atoms with Crippen molar-refractivity contribution in [2.45, 2.75) is 55.5 Å². The molecule has 0 spiro atoms. The van der Waals surface area contributed by atoms with Gasteiger partial charge in [0.05, 0.1) is 19.5 Å². The normalized spacial score (nSPS) is 31.2. The van der Waals surface area contributed by atoms with Gasteiger partial charge in [-0.05, 0) is 6.42 Å². The van der Waals surface area contributed by atoms with Gasteiger partial charge in [0, 0.05) is 47.5 Å². The van der Waals surface area contributed by atoms with Gasteiger partial charge in [0.2, 0.25) is 5.91 Å². The summed E-state index contributed by atoms with van der Waals surface area (Å²) in [5, 5.41) is 31.5. The molecule has 1 radical (unpaired) electrons. The molecule has 28 heteroatoms. The van der Waals surface area contributed by atoms with Gasteiger partial charge in [0.1, 0.15) is 48.5 Å². The molecule has 3 aliphatic rings. The first-order valence-electron chi connectivity index (χ1n) is 13.5. The summed E-state index contributed by atoms with van der Waals surface area (Å²) in [6.45, 7) is -2.02. The van der Waals surface area contributed by atoms with Gasteiger partial charge in [0.25, 0.3) is 0 Å². The van der Waals surface area contributed by atoms with E-state index in [1.165, 1.54) is 23.4 Å². The average molecular weight is 768 g/mol. The molecule has 5 heterocycles. The van der Waals surface area contributed by atoms with Crippen molar-refractivity contribution in [1.82, 2.24) is 24.4 Å². The molecule has 2 aromatic rings. The second-order valence-electron chi connectivity index (χ2n) is 10.4. The van der Waals surface area contributed by atoms with Crippen molar-refractivity contribution in [3.63, 3.8) is 0 Å². The molecule has 1 amide bonds. The number of ether oxygens (including phenoxy) is 2. The third kappa shape index (κ3) is 9.39. The van der Waals surface area contributed by atoms with Gasteiger partial charge in [-0.25, -0.2) is 28.6 Å². The van der Waals surface area contributed by atoms with Crippen LogP contribution in [0, 0.1) is 0 Å². The summed E-state index contributed by atoms with van der Waals surface area (Å²) in [5.74, 6) is -0.791. The molecule has 2 saturated heterocycles. The Balaban J connectivity index is 0.00000541. The van der Waals surface area contributed by atoms with E-state index >= 15 is 0 Å². The van der Waals surface area contributed by atoms with Gasteiger partial charge in [-0.15, -0.1) is 0 Å². The van der Waals surface area contributed by atoms with Crippen molar-refractivity contribution in [3.8, 4) is 0 Å². The molecule has 267 valence electrons. The summed E-state index contributed by atoms with van der Waals surface area (Å²) in [4.78, 5) is 63.4. The monoisotopic (exact) mass is 768 g/mol. The van der Waals surface area contributed by atoms with Crippen LogP contribution in [0.4, 0.5) is 5.82 Å². The number of aromatic nitrogens is 4. The molecular weight excluding hydrogens is 738 g/mol. The molecule has 3 aliphatic heterocycles. The quantitative estimate of drug-likeness (QED) is 0.0726. The molecule has 2 fully saturated rings. The van der Waals surface area contributed by atoms with E-state index in [1.807, 2.05) is 0 Å². The predicted octanol–water partition coefficient (Wildman–Crippen LogP) is -2.95. The third-order valence-corrected chi connectivity index (χ3v) is 10.2. The van der Waals surface area contributed by atoms with E-state index in [2.05, 4.69) is 23.8 Å². The number of rotatable bonds is 13. The summed E-state index contributed by atoms with van der Waals surface area (Å²) in [7, 11) is -16.3. The number of carbonyl (C=O) groups is 1. The Morgan fingerprint density at radius 2 is 1.55 bits per heavy atom. The number of carbonyl (C=O) groups excluding carboxylic acids is 1. The SMILES string of the molecule is NC(=O)C1=CN(C2OC(COP(=O)(O)OP(=O)(O)OCC3OC(n4cnc5c(N)ncnc54)C(OP(=O)(O)O)C3O)C(O)C2O)C=CC1.[Na]. The minimum atomic E-state index is -5.52. The zero-order valence-corrected chi connectivity index (χ0v) is 29.8. The fourth-order valence-corrected chi connectivity index (χ4v) is 7.57. The van der Waals surface area contributed by atoms with E-state index in [4.69, 9.17) is 30.0 Å². The van der Waals surface area contributed by atoms with Gasteiger partial charge in [-0.3, -0.25) is 22.9 Å². The Labute approximate surface area is 297 Å². The Morgan fingerprint density at radius 1 is 0.939 bits per heavy atom. The number of nitrogens with two attached hydrogens (primary N) is 2. The van der Waals surface area contributed by atoms with Gasteiger partial charge in [-0.2, -0.15) is 4.31 Å². The average Bonchev–Trinajstić information content (AvgIpc) is 3.64. The molecule has 2 aromatic heterocycles. The van der Waals surface area contributed by atoms with Crippen LogP contribution in [0.3, 0.4) is 0 Å². The number of hydrogen-bond donors (Lipinski definition) is 9. The summed E-state index contributed by atoms with van der Waals surface area (Å²) in [6, 6.07) is 0.